The van der Waals surface area contributed by atoms with Crippen LogP contribution in [-0.2, 0) is 38.8 Å². The number of nitrogen functional groups attached to an aromatic ring is 1. The number of nitrogens with two attached hydrogens (primary N) is 1. The van der Waals surface area contributed by atoms with Crippen molar-refractivity contribution < 1.29 is 24.2 Å². The first kappa shape index (κ1) is 36.5. The standard InChI is InChI=1S/C43H46N4O5/c44-38-17-7-8-18-39(38)46-42(50)20-10-19-41(49)45-36-16-9-15-35(25-36)43-51-37(26-40(52-43)34-23-21-33(30-48)22-24-34)29-47(27-31-11-3-1-4-12-31)28-32-13-5-2-6-14-32/h1-9,11-18,21-25,37,40,43,48H,10,19-20,26-30,44H2,(H,45,49)(H,46,50). The highest BCUT2D eigenvalue weighted by Gasteiger charge is 2.33. The third-order valence-corrected chi connectivity index (χ3v) is 9.06. The normalized spacial score (nSPS) is 17.1. The molecule has 6 rings (SSSR count). The van der Waals surface area contributed by atoms with Gasteiger partial charge in [-0.05, 0) is 52.9 Å². The van der Waals surface area contributed by atoms with Gasteiger partial charge < -0.3 is 30.9 Å². The third kappa shape index (κ3) is 10.6. The molecule has 0 spiro atoms. The van der Waals surface area contributed by atoms with Gasteiger partial charge in [0.05, 0.1) is 30.2 Å². The van der Waals surface area contributed by atoms with Gasteiger partial charge in [0.15, 0.2) is 6.29 Å². The number of aliphatic hydroxyl groups excluding tert-OH is 1. The van der Waals surface area contributed by atoms with Crippen molar-refractivity contribution in [3.05, 3.63) is 161 Å². The molecule has 9 nitrogen and oxygen atoms in total. The number of hydrogen-bond acceptors (Lipinski definition) is 7. The number of aliphatic hydroxyl groups is 1. The van der Waals surface area contributed by atoms with Crippen molar-refractivity contribution in [2.75, 3.05) is 22.9 Å². The van der Waals surface area contributed by atoms with E-state index in [9.17, 15) is 14.7 Å². The molecule has 5 aromatic carbocycles. The molecular weight excluding hydrogens is 652 g/mol. The summed E-state index contributed by atoms with van der Waals surface area (Å²) in [6.45, 7) is 2.18. The van der Waals surface area contributed by atoms with Crippen LogP contribution in [0.1, 0.15) is 65.9 Å². The van der Waals surface area contributed by atoms with Gasteiger partial charge in [-0.3, -0.25) is 14.5 Å². The van der Waals surface area contributed by atoms with Gasteiger partial charge >= 0.3 is 0 Å². The summed E-state index contributed by atoms with van der Waals surface area (Å²) in [5.74, 6) is -0.382. The molecule has 0 radical (unpaired) electrons. The first-order valence-corrected chi connectivity index (χ1v) is 17.8. The minimum atomic E-state index is -0.678. The van der Waals surface area contributed by atoms with E-state index < -0.39 is 6.29 Å². The number of carbonyl (C=O) groups excluding carboxylic acids is 2. The monoisotopic (exact) mass is 698 g/mol. The number of ether oxygens (including phenoxy) is 2. The van der Waals surface area contributed by atoms with Gasteiger partial charge in [-0.2, -0.15) is 0 Å². The van der Waals surface area contributed by atoms with Crippen molar-refractivity contribution in [3.8, 4) is 0 Å². The highest BCUT2D eigenvalue weighted by Crippen LogP contribution is 2.39. The number of carbonyl (C=O) groups is 2. The van der Waals surface area contributed by atoms with Crippen molar-refractivity contribution in [3.63, 3.8) is 0 Å². The van der Waals surface area contributed by atoms with Crippen LogP contribution >= 0.6 is 0 Å². The topological polar surface area (TPSA) is 126 Å². The van der Waals surface area contributed by atoms with Crippen molar-refractivity contribution in [2.45, 2.75) is 63.9 Å². The number of anilines is 3. The molecule has 1 aliphatic heterocycles. The second kappa shape index (κ2) is 18.3. The predicted molar refractivity (Wildman–Crippen MR) is 204 cm³/mol. The molecule has 3 unspecified atom stereocenters. The van der Waals surface area contributed by atoms with E-state index in [0.717, 1.165) is 29.8 Å². The smallest absolute Gasteiger partial charge is 0.224 e. The molecule has 9 heteroatoms. The first-order valence-electron chi connectivity index (χ1n) is 17.8. The highest BCUT2D eigenvalue weighted by molar-refractivity contribution is 5.94. The molecule has 1 heterocycles. The molecule has 3 atom stereocenters. The van der Waals surface area contributed by atoms with Crippen LogP contribution in [-0.4, -0.2) is 34.5 Å². The molecule has 5 aromatic rings. The Hall–Kier alpha value is -5.32. The molecule has 0 bridgehead atoms. The van der Waals surface area contributed by atoms with Crippen molar-refractivity contribution >= 4 is 28.9 Å². The molecule has 0 aromatic heterocycles. The Balaban J connectivity index is 1.14. The lowest BCUT2D eigenvalue weighted by molar-refractivity contribution is -0.253. The molecule has 1 fully saturated rings. The fourth-order valence-corrected chi connectivity index (χ4v) is 6.41. The molecule has 0 saturated carbocycles. The molecule has 5 N–H and O–H groups in total. The van der Waals surface area contributed by atoms with Gasteiger partial charge in [0.2, 0.25) is 11.8 Å². The Morgan fingerprint density at radius 3 is 1.98 bits per heavy atom. The van der Waals surface area contributed by atoms with Crippen molar-refractivity contribution in [2.24, 2.45) is 0 Å². The lowest BCUT2D eigenvalue weighted by Crippen LogP contribution is -2.39. The van der Waals surface area contributed by atoms with Gasteiger partial charge in [-0.1, -0.05) is 109 Å². The molecule has 2 amide bonds. The largest absolute Gasteiger partial charge is 0.397 e. The Labute approximate surface area is 305 Å². The summed E-state index contributed by atoms with van der Waals surface area (Å²) >= 11 is 0. The molecule has 1 aliphatic rings. The van der Waals surface area contributed by atoms with Crippen LogP contribution in [0.4, 0.5) is 17.1 Å². The lowest BCUT2D eigenvalue weighted by atomic mass is 9.99. The second-order valence-corrected chi connectivity index (χ2v) is 13.2. The van der Waals surface area contributed by atoms with Crippen molar-refractivity contribution in [1.29, 1.82) is 0 Å². The number of nitrogens with one attached hydrogen (secondary N) is 2. The lowest BCUT2D eigenvalue weighted by Gasteiger charge is -2.38. The zero-order valence-electron chi connectivity index (χ0n) is 29.2. The maximum atomic E-state index is 12.9. The SMILES string of the molecule is Nc1ccccc1NC(=O)CCCC(=O)Nc1cccc(C2OC(CN(Cc3ccccc3)Cc3ccccc3)CC(c3ccc(CO)cc3)O2)c1. The minimum absolute atomic E-state index is 0.0252. The van der Waals surface area contributed by atoms with Crippen LogP contribution in [0.15, 0.2) is 133 Å². The zero-order valence-corrected chi connectivity index (χ0v) is 29.2. The first-order chi connectivity index (χ1) is 25.4. The maximum absolute atomic E-state index is 12.9. The summed E-state index contributed by atoms with van der Waals surface area (Å²) in [6, 6.07) is 43.4. The fourth-order valence-electron chi connectivity index (χ4n) is 6.41. The minimum Gasteiger partial charge on any atom is -0.397 e. The fraction of sp³-hybridized carbons (Fsp3) is 0.256. The average molecular weight is 699 g/mol. The van der Waals surface area contributed by atoms with E-state index in [1.54, 1.807) is 24.3 Å². The summed E-state index contributed by atoms with van der Waals surface area (Å²) in [4.78, 5) is 27.7. The molecule has 1 saturated heterocycles. The van der Waals surface area contributed by atoms with Crippen LogP contribution in [0.3, 0.4) is 0 Å². The number of hydrogen-bond donors (Lipinski definition) is 4. The third-order valence-electron chi connectivity index (χ3n) is 9.06. The highest BCUT2D eigenvalue weighted by atomic mass is 16.7. The van der Waals surface area contributed by atoms with Gasteiger partial charge in [0.25, 0.3) is 0 Å². The van der Waals surface area contributed by atoms with Crippen LogP contribution in [0.2, 0.25) is 0 Å². The molecule has 0 aliphatic carbocycles. The van der Waals surface area contributed by atoms with E-state index in [1.165, 1.54) is 11.1 Å². The summed E-state index contributed by atoms with van der Waals surface area (Å²) in [5.41, 5.74) is 12.7. The number of para-hydroxylation sites is 2. The summed E-state index contributed by atoms with van der Waals surface area (Å²) in [5, 5.41) is 15.4. The maximum Gasteiger partial charge on any atom is 0.224 e. The average Bonchev–Trinajstić information content (AvgIpc) is 3.16. The zero-order chi connectivity index (χ0) is 36.1. The molecule has 268 valence electrons. The van der Waals surface area contributed by atoms with Gasteiger partial charge in [-0.15, -0.1) is 0 Å². The van der Waals surface area contributed by atoms with E-state index in [-0.39, 0.29) is 43.5 Å². The van der Waals surface area contributed by atoms with E-state index in [0.29, 0.717) is 36.4 Å². The summed E-state index contributed by atoms with van der Waals surface area (Å²) < 4.78 is 13.3. The number of amides is 2. The van der Waals surface area contributed by atoms with Crippen LogP contribution in [0.25, 0.3) is 0 Å². The van der Waals surface area contributed by atoms with Gasteiger partial charge in [0.1, 0.15) is 0 Å². The Bertz CT molecular complexity index is 1850. The number of rotatable bonds is 15. The Morgan fingerprint density at radius 2 is 1.33 bits per heavy atom. The summed E-state index contributed by atoms with van der Waals surface area (Å²) in [7, 11) is 0. The molecular formula is C43H46N4O5. The Morgan fingerprint density at radius 1 is 0.692 bits per heavy atom. The number of nitrogens with zero attached hydrogens (tertiary/aromatic N) is 1. The van der Waals surface area contributed by atoms with E-state index in [1.807, 2.05) is 60.7 Å². The predicted octanol–water partition coefficient (Wildman–Crippen LogP) is 7.76. The van der Waals surface area contributed by atoms with Crippen LogP contribution in [0, 0.1) is 0 Å². The second-order valence-electron chi connectivity index (χ2n) is 13.2. The Kier molecular flexibility index (Phi) is 12.8. The molecule has 52 heavy (non-hydrogen) atoms. The van der Waals surface area contributed by atoms with E-state index >= 15 is 0 Å². The quantitative estimate of drug-likeness (QED) is 0.0824. The summed E-state index contributed by atoms with van der Waals surface area (Å²) in [6.07, 6.45) is 0.328. The number of benzene rings is 5. The van der Waals surface area contributed by atoms with E-state index in [2.05, 4.69) is 64.1 Å². The van der Waals surface area contributed by atoms with Gasteiger partial charge in [0, 0.05) is 50.1 Å². The van der Waals surface area contributed by atoms with Gasteiger partial charge in [-0.25, -0.2) is 0 Å². The van der Waals surface area contributed by atoms with E-state index in [4.69, 9.17) is 15.2 Å². The van der Waals surface area contributed by atoms with Crippen LogP contribution in [0.5, 0.6) is 0 Å². The van der Waals surface area contributed by atoms with Crippen molar-refractivity contribution in [1.82, 2.24) is 4.90 Å². The van der Waals surface area contributed by atoms with Crippen LogP contribution < -0.4 is 16.4 Å².